The van der Waals surface area contributed by atoms with Gasteiger partial charge in [-0.1, -0.05) is 12.1 Å². The normalized spacial score (nSPS) is 11.6. The maximum atomic E-state index is 12.4. The molecule has 3 aromatic heterocycles. The Bertz CT molecular complexity index is 1190. The van der Waals surface area contributed by atoms with Gasteiger partial charge >= 0.3 is 0 Å². The summed E-state index contributed by atoms with van der Waals surface area (Å²) in [7, 11) is -3.70. The molecule has 0 saturated heterocycles. The molecule has 3 heterocycles. The van der Waals surface area contributed by atoms with E-state index >= 15 is 0 Å². The van der Waals surface area contributed by atoms with E-state index in [1.807, 2.05) is 25.1 Å². The zero-order valence-electron chi connectivity index (χ0n) is 13.7. The highest BCUT2D eigenvalue weighted by atomic mass is 32.2. The van der Waals surface area contributed by atoms with Crippen molar-refractivity contribution < 1.29 is 8.42 Å². The first-order chi connectivity index (χ1) is 12.5. The highest BCUT2D eigenvalue weighted by Crippen LogP contribution is 2.23. The first kappa shape index (κ1) is 16.2. The molecule has 0 spiro atoms. The van der Waals surface area contributed by atoms with Gasteiger partial charge in [-0.05, 0) is 43.3 Å². The summed E-state index contributed by atoms with van der Waals surface area (Å²) in [6.45, 7) is 1.81. The summed E-state index contributed by atoms with van der Waals surface area (Å²) >= 11 is 0. The lowest BCUT2D eigenvalue weighted by atomic mass is 10.1. The van der Waals surface area contributed by atoms with Gasteiger partial charge < -0.3 is 0 Å². The smallest absolute Gasteiger partial charge is 0.263 e. The molecule has 0 amide bonds. The van der Waals surface area contributed by atoms with Crippen LogP contribution in [0.1, 0.15) is 5.82 Å². The van der Waals surface area contributed by atoms with Crippen LogP contribution in [0.15, 0.2) is 65.8 Å². The lowest BCUT2D eigenvalue weighted by molar-refractivity contribution is 0.601. The molecule has 8 nitrogen and oxygen atoms in total. The number of fused-ring (bicyclic) bond motifs is 1. The molecule has 9 heteroatoms. The molecule has 0 saturated carbocycles. The van der Waals surface area contributed by atoms with Gasteiger partial charge in [-0.2, -0.15) is 9.61 Å². The number of pyridine rings is 1. The van der Waals surface area contributed by atoms with Crippen LogP contribution in [0.3, 0.4) is 0 Å². The first-order valence-corrected chi connectivity index (χ1v) is 9.24. The van der Waals surface area contributed by atoms with Crippen molar-refractivity contribution in [2.24, 2.45) is 0 Å². The molecule has 0 radical (unpaired) electrons. The molecule has 1 N–H and O–H groups in total. The Balaban J connectivity index is 1.69. The maximum Gasteiger partial charge on any atom is 0.263 e. The van der Waals surface area contributed by atoms with Crippen molar-refractivity contribution >= 4 is 21.4 Å². The second kappa shape index (κ2) is 6.19. The maximum absolute atomic E-state index is 12.4. The van der Waals surface area contributed by atoms with E-state index in [-0.39, 0.29) is 4.90 Å². The van der Waals surface area contributed by atoms with Crippen LogP contribution in [0.5, 0.6) is 0 Å². The Kier molecular flexibility index (Phi) is 3.85. The molecule has 0 atom stereocenters. The third kappa shape index (κ3) is 3.00. The summed E-state index contributed by atoms with van der Waals surface area (Å²) in [5, 5.41) is 12.5. The molecule has 0 fully saturated rings. The van der Waals surface area contributed by atoms with Gasteiger partial charge in [0.2, 0.25) is 0 Å². The summed E-state index contributed by atoms with van der Waals surface area (Å²) in [6, 6.07) is 13.7. The SMILES string of the molecule is Cc1nnc2ccc(-c3cccc(NS(=O)(=O)c4cccnc4)c3)nn12. The van der Waals surface area contributed by atoms with Gasteiger partial charge in [0.15, 0.2) is 11.5 Å². The number of rotatable bonds is 4. The number of aryl methyl sites for hydroxylation is 1. The highest BCUT2D eigenvalue weighted by Gasteiger charge is 2.14. The lowest BCUT2D eigenvalue weighted by Crippen LogP contribution is -2.13. The fourth-order valence-corrected chi connectivity index (χ4v) is 3.52. The molecule has 4 aromatic rings. The van der Waals surface area contributed by atoms with Crippen molar-refractivity contribution in [1.82, 2.24) is 24.8 Å². The molecular weight excluding hydrogens is 352 g/mol. The fraction of sp³-hybridized carbons (Fsp3) is 0.0588. The average molecular weight is 366 g/mol. The number of nitrogens with one attached hydrogen (secondary N) is 1. The van der Waals surface area contributed by atoms with Crippen molar-refractivity contribution in [2.75, 3.05) is 4.72 Å². The summed E-state index contributed by atoms with van der Waals surface area (Å²) in [6.07, 6.45) is 2.82. The molecule has 0 aliphatic carbocycles. The molecule has 0 unspecified atom stereocenters. The Hall–Kier alpha value is -3.33. The van der Waals surface area contributed by atoms with Gasteiger partial charge in [0.05, 0.1) is 5.69 Å². The number of hydrogen-bond acceptors (Lipinski definition) is 6. The number of aromatic nitrogens is 5. The standard InChI is InChI=1S/C17H14N6O2S/c1-12-19-20-17-8-7-16(21-23(12)17)13-4-2-5-14(10-13)22-26(24,25)15-6-3-9-18-11-15/h2-11,22H,1H3. The minimum Gasteiger partial charge on any atom is -0.280 e. The van der Waals surface area contributed by atoms with E-state index in [9.17, 15) is 8.42 Å². The van der Waals surface area contributed by atoms with E-state index in [1.165, 1.54) is 18.5 Å². The van der Waals surface area contributed by atoms with E-state index in [4.69, 9.17) is 0 Å². The van der Waals surface area contributed by atoms with E-state index < -0.39 is 10.0 Å². The zero-order valence-corrected chi connectivity index (χ0v) is 14.6. The largest absolute Gasteiger partial charge is 0.280 e. The van der Waals surface area contributed by atoms with Gasteiger partial charge in [0.1, 0.15) is 4.90 Å². The van der Waals surface area contributed by atoms with Crippen LogP contribution < -0.4 is 4.72 Å². The molecule has 26 heavy (non-hydrogen) atoms. The number of benzene rings is 1. The van der Waals surface area contributed by atoms with Gasteiger partial charge in [-0.3, -0.25) is 9.71 Å². The molecule has 130 valence electrons. The molecular formula is C17H14N6O2S. The Labute approximate surface area is 149 Å². The quantitative estimate of drug-likeness (QED) is 0.594. The highest BCUT2D eigenvalue weighted by molar-refractivity contribution is 7.92. The summed E-state index contributed by atoms with van der Waals surface area (Å²) in [5.41, 5.74) is 2.54. The van der Waals surface area contributed by atoms with Crippen LogP contribution in [-0.4, -0.2) is 33.2 Å². The summed E-state index contributed by atoms with van der Waals surface area (Å²) in [5.74, 6) is 0.676. The molecule has 0 aliphatic rings. The van der Waals surface area contributed by atoms with Crippen LogP contribution in [0.2, 0.25) is 0 Å². The van der Waals surface area contributed by atoms with Crippen molar-refractivity contribution in [3.63, 3.8) is 0 Å². The van der Waals surface area contributed by atoms with Gasteiger partial charge in [0.25, 0.3) is 10.0 Å². The third-order valence-corrected chi connectivity index (χ3v) is 5.14. The van der Waals surface area contributed by atoms with Crippen molar-refractivity contribution in [1.29, 1.82) is 0 Å². The number of sulfonamides is 1. The van der Waals surface area contributed by atoms with Crippen LogP contribution in [0.4, 0.5) is 5.69 Å². The molecule has 0 bridgehead atoms. The molecule has 4 rings (SSSR count). The Morgan fingerprint density at radius 2 is 1.92 bits per heavy atom. The monoisotopic (exact) mass is 366 g/mol. The van der Waals surface area contributed by atoms with E-state index in [0.717, 1.165) is 5.56 Å². The van der Waals surface area contributed by atoms with Gasteiger partial charge in [-0.15, -0.1) is 10.2 Å². The molecule has 1 aromatic carbocycles. The first-order valence-electron chi connectivity index (χ1n) is 7.75. The van der Waals surface area contributed by atoms with Crippen LogP contribution in [0, 0.1) is 6.92 Å². The Morgan fingerprint density at radius 1 is 1.04 bits per heavy atom. The number of anilines is 1. The van der Waals surface area contributed by atoms with Crippen molar-refractivity contribution in [3.05, 3.63) is 66.7 Å². The molecule has 0 aliphatic heterocycles. The predicted octanol–water partition coefficient (Wildman–Crippen LogP) is 2.30. The third-order valence-electron chi connectivity index (χ3n) is 3.77. The number of hydrogen-bond donors (Lipinski definition) is 1. The summed E-state index contributed by atoms with van der Waals surface area (Å²) < 4.78 is 29.1. The van der Waals surface area contributed by atoms with E-state index in [1.54, 1.807) is 28.8 Å². The average Bonchev–Trinajstić information content (AvgIpc) is 3.03. The lowest BCUT2D eigenvalue weighted by Gasteiger charge is -2.09. The van der Waals surface area contributed by atoms with Crippen molar-refractivity contribution in [2.45, 2.75) is 11.8 Å². The fourth-order valence-electron chi connectivity index (χ4n) is 2.51. The Morgan fingerprint density at radius 3 is 2.73 bits per heavy atom. The van der Waals surface area contributed by atoms with Crippen molar-refractivity contribution in [3.8, 4) is 11.3 Å². The van der Waals surface area contributed by atoms with Gasteiger partial charge in [0, 0.05) is 23.6 Å². The van der Waals surface area contributed by atoms with E-state index in [0.29, 0.717) is 22.9 Å². The summed E-state index contributed by atoms with van der Waals surface area (Å²) in [4.78, 5) is 3.95. The minimum absolute atomic E-state index is 0.102. The van der Waals surface area contributed by atoms with Crippen LogP contribution in [-0.2, 0) is 10.0 Å². The topological polar surface area (TPSA) is 102 Å². The van der Waals surface area contributed by atoms with Crippen LogP contribution in [0.25, 0.3) is 16.9 Å². The minimum atomic E-state index is -3.70. The second-order valence-corrected chi connectivity index (χ2v) is 7.29. The second-order valence-electron chi connectivity index (χ2n) is 5.61. The van der Waals surface area contributed by atoms with Gasteiger partial charge in [-0.25, -0.2) is 8.42 Å². The van der Waals surface area contributed by atoms with Crippen LogP contribution >= 0.6 is 0 Å². The van der Waals surface area contributed by atoms with E-state index in [2.05, 4.69) is 25.0 Å². The zero-order chi connectivity index (χ0) is 18.1. The number of nitrogens with zero attached hydrogens (tertiary/aromatic N) is 5. The predicted molar refractivity (Wildman–Crippen MR) is 96.0 cm³/mol.